The van der Waals surface area contributed by atoms with Crippen LogP contribution in [0.25, 0.3) is 0 Å². The van der Waals surface area contributed by atoms with E-state index < -0.39 is 11.7 Å². The normalized spacial score (nSPS) is 10.8. The second-order valence-corrected chi connectivity index (χ2v) is 6.24. The number of aromatic nitrogens is 1. The first kappa shape index (κ1) is 17.5. The maximum absolute atomic E-state index is 12.1. The second kappa shape index (κ2) is 7.59. The third-order valence-electron chi connectivity index (χ3n) is 2.99. The van der Waals surface area contributed by atoms with Crippen LogP contribution < -0.4 is 10.6 Å². The van der Waals surface area contributed by atoms with Crippen LogP contribution in [0.3, 0.4) is 0 Å². The van der Waals surface area contributed by atoms with Gasteiger partial charge in [-0.2, -0.15) is 0 Å². The van der Waals surface area contributed by atoms with Crippen molar-refractivity contribution in [3.8, 4) is 0 Å². The number of nitrogens with one attached hydrogen (secondary N) is 2. The van der Waals surface area contributed by atoms with Crippen LogP contribution in [0.4, 0.5) is 10.5 Å². The summed E-state index contributed by atoms with van der Waals surface area (Å²) in [6.07, 6.45) is 2.75. The number of hydrogen-bond donors (Lipinski definition) is 2. The van der Waals surface area contributed by atoms with E-state index in [9.17, 15) is 9.59 Å². The van der Waals surface area contributed by atoms with Crippen LogP contribution >= 0.6 is 0 Å². The monoisotopic (exact) mass is 327 g/mol. The molecule has 6 heteroatoms. The lowest BCUT2D eigenvalue weighted by atomic mass is 10.1. The molecule has 24 heavy (non-hydrogen) atoms. The molecular weight excluding hydrogens is 306 g/mol. The van der Waals surface area contributed by atoms with Crippen molar-refractivity contribution in [2.45, 2.75) is 32.9 Å². The number of alkyl carbamates (subject to hydrolysis) is 1. The first-order valence-electron chi connectivity index (χ1n) is 7.61. The molecule has 2 aromatic rings. The number of anilines is 1. The van der Waals surface area contributed by atoms with Crippen molar-refractivity contribution >= 4 is 17.7 Å². The molecule has 1 aromatic heterocycles. The minimum absolute atomic E-state index is 0.201. The zero-order valence-corrected chi connectivity index (χ0v) is 14.0. The maximum atomic E-state index is 12.1. The fourth-order valence-electron chi connectivity index (χ4n) is 1.90. The van der Waals surface area contributed by atoms with Gasteiger partial charge in [-0.25, -0.2) is 4.79 Å². The van der Waals surface area contributed by atoms with Gasteiger partial charge in [0.1, 0.15) is 5.60 Å². The zero-order valence-electron chi connectivity index (χ0n) is 14.0. The smallest absolute Gasteiger partial charge is 0.407 e. The second-order valence-electron chi connectivity index (χ2n) is 6.24. The Bertz CT molecular complexity index is 692. The number of ether oxygens (including phenoxy) is 1. The summed E-state index contributed by atoms with van der Waals surface area (Å²) in [6, 6.07) is 10.4. The molecule has 126 valence electrons. The first-order chi connectivity index (χ1) is 11.3. The van der Waals surface area contributed by atoms with E-state index in [1.54, 1.807) is 48.8 Å². The van der Waals surface area contributed by atoms with Crippen molar-refractivity contribution in [1.82, 2.24) is 10.3 Å². The Morgan fingerprint density at radius 3 is 2.25 bits per heavy atom. The predicted molar refractivity (Wildman–Crippen MR) is 91.7 cm³/mol. The molecule has 0 aliphatic carbocycles. The summed E-state index contributed by atoms with van der Waals surface area (Å²) in [4.78, 5) is 27.6. The van der Waals surface area contributed by atoms with Crippen LogP contribution in [0, 0.1) is 0 Å². The molecule has 0 spiro atoms. The number of amides is 2. The van der Waals surface area contributed by atoms with Gasteiger partial charge in [0.2, 0.25) is 0 Å². The number of nitrogens with zero attached hydrogens (tertiary/aromatic N) is 1. The van der Waals surface area contributed by atoms with E-state index in [0.29, 0.717) is 17.8 Å². The van der Waals surface area contributed by atoms with Gasteiger partial charge in [-0.3, -0.25) is 9.78 Å². The number of rotatable bonds is 4. The average Bonchev–Trinajstić information content (AvgIpc) is 2.53. The maximum Gasteiger partial charge on any atom is 0.407 e. The minimum atomic E-state index is -0.529. The molecule has 0 saturated carbocycles. The number of carbonyl (C=O) groups excluding carboxylic acids is 2. The summed E-state index contributed by atoms with van der Waals surface area (Å²) in [5, 5.41) is 5.46. The topological polar surface area (TPSA) is 80.3 Å². The molecule has 1 heterocycles. The van der Waals surface area contributed by atoms with Crippen molar-refractivity contribution in [2.24, 2.45) is 0 Å². The Labute approximate surface area is 141 Å². The Morgan fingerprint density at radius 2 is 1.67 bits per heavy atom. The van der Waals surface area contributed by atoms with Gasteiger partial charge in [0.15, 0.2) is 0 Å². The van der Waals surface area contributed by atoms with Crippen molar-refractivity contribution in [3.05, 3.63) is 59.9 Å². The molecule has 0 aliphatic rings. The Balaban J connectivity index is 1.88. The van der Waals surface area contributed by atoms with Gasteiger partial charge in [-0.1, -0.05) is 12.1 Å². The fraction of sp³-hybridized carbons (Fsp3) is 0.278. The fourth-order valence-corrected chi connectivity index (χ4v) is 1.90. The molecule has 2 N–H and O–H groups in total. The van der Waals surface area contributed by atoms with Crippen LogP contribution in [0.2, 0.25) is 0 Å². The molecule has 2 rings (SSSR count). The van der Waals surface area contributed by atoms with Crippen LogP contribution in [0.1, 0.15) is 36.7 Å². The standard InChI is InChI=1S/C18H21N3O3/c1-18(2,3)24-17(23)20-12-13-4-6-14(7-5-13)16(22)21-15-8-10-19-11-9-15/h4-11H,12H2,1-3H3,(H,20,23)(H,19,21,22). The summed E-state index contributed by atoms with van der Waals surface area (Å²) >= 11 is 0. The van der Waals surface area contributed by atoms with E-state index >= 15 is 0 Å². The number of pyridine rings is 1. The molecule has 0 unspecified atom stereocenters. The van der Waals surface area contributed by atoms with E-state index in [1.807, 2.05) is 20.8 Å². The number of carbonyl (C=O) groups is 2. The molecule has 1 aromatic carbocycles. The van der Waals surface area contributed by atoms with Gasteiger partial charge in [0.05, 0.1) is 0 Å². The molecule has 0 saturated heterocycles. The summed E-state index contributed by atoms with van der Waals surface area (Å²) in [7, 11) is 0. The molecule has 0 fully saturated rings. The summed E-state index contributed by atoms with van der Waals surface area (Å²) in [5.74, 6) is -0.201. The quantitative estimate of drug-likeness (QED) is 0.902. The van der Waals surface area contributed by atoms with E-state index in [4.69, 9.17) is 4.74 Å². The molecule has 0 bridgehead atoms. The lowest BCUT2D eigenvalue weighted by molar-refractivity contribution is 0.0523. The third kappa shape index (κ3) is 5.72. The molecule has 0 radical (unpaired) electrons. The highest BCUT2D eigenvalue weighted by Crippen LogP contribution is 2.10. The summed E-state index contributed by atoms with van der Waals surface area (Å²) < 4.78 is 5.17. The number of hydrogen-bond acceptors (Lipinski definition) is 4. The molecule has 0 atom stereocenters. The van der Waals surface area contributed by atoms with Gasteiger partial charge in [-0.15, -0.1) is 0 Å². The molecular formula is C18H21N3O3. The highest BCUT2D eigenvalue weighted by atomic mass is 16.6. The average molecular weight is 327 g/mol. The van der Waals surface area contributed by atoms with Gasteiger partial charge < -0.3 is 15.4 Å². The van der Waals surface area contributed by atoms with E-state index in [1.165, 1.54) is 0 Å². The molecule has 0 aliphatic heterocycles. The summed E-state index contributed by atoms with van der Waals surface area (Å²) in [6.45, 7) is 5.76. The zero-order chi connectivity index (χ0) is 17.6. The number of benzene rings is 1. The predicted octanol–water partition coefficient (Wildman–Crippen LogP) is 3.36. The van der Waals surface area contributed by atoms with Crippen LogP contribution in [0.15, 0.2) is 48.8 Å². The lowest BCUT2D eigenvalue weighted by Crippen LogP contribution is -2.32. The van der Waals surface area contributed by atoms with Crippen LogP contribution in [-0.4, -0.2) is 22.6 Å². The van der Waals surface area contributed by atoms with Gasteiger partial charge in [0.25, 0.3) is 5.91 Å². The minimum Gasteiger partial charge on any atom is -0.444 e. The van der Waals surface area contributed by atoms with Gasteiger partial charge in [0, 0.05) is 30.2 Å². The lowest BCUT2D eigenvalue weighted by Gasteiger charge is -2.19. The van der Waals surface area contributed by atoms with E-state index in [-0.39, 0.29) is 5.91 Å². The highest BCUT2D eigenvalue weighted by Gasteiger charge is 2.15. The van der Waals surface area contributed by atoms with Crippen molar-refractivity contribution < 1.29 is 14.3 Å². The SMILES string of the molecule is CC(C)(C)OC(=O)NCc1ccc(C(=O)Nc2ccncc2)cc1. The van der Waals surface area contributed by atoms with Crippen molar-refractivity contribution in [3.63, 3.8) is 0 Å². The van der Waals surface area contributed by atoms with Crippen LogP contribution in [-0.2, 0) is 11.3 Å². The largest absolute Gasteiger partial charge is 0.444 e. The Morgan fingerprint density at radius 1 is 1.04 bits per heavy atom. The van der Waals surface area contributed by atoms with Crippen molar-refractivity contribution in [1.29, 1.82) is 0 Å². The van der Waals surface area contributed by atoms with Gasteiger partial charge >= 0.3 is 6.09 Å². The Kier molecular flexibility index (Phi) is 5.52. The van der Waals surface area contributed by atoms with E-state index in [0.717, 1.165) is 5.56 Å². The first-order valence-corrected chi connectivity index (χ1v) is 7.61. The highest BCUT2D eigenvalue weighted by molar-refractivity contribution is 6.04. The van der Waals surface area contributed by atoms with Crippen LogP contribution in [0.5, 0.6) is 0 Å². The summed E-state index contributed by atoms with van der Waals surface area (Å²) in [5.41, 5.74) is 1.57. The van der Waals surface area contributed by atoms with E-state index in [2.05, 4.69) is 15.6 Å². The third-order valence-corrected chi connectivity index (χ3v) is 2.99. The van der Waals surface area contributed by atoms with Gasteiger partial charge in [-0.05, 0) is 50.6 Å². The Hall–Kier alpha value is -2.89. The molecule has 6 nitrogen and oxygen atoms in total. The van der Waals surface area contributed by atoms with Crippen molar-refractivity contribution in [2.75, 3.05) is 5.32 Å². The molecule has 2 amide bonds.